The topological polar surface area (TPSA) is 34.0 Å². The summed E-state index contributed by atoms with van der Waals surface area (Å²) in [5, 5.41) is 4.28. The maximum atomic E-state index is 4.40. The van der Waals surface area contributed by atoms with Gasteiger partial charge in [0.05, 0.1) is 10.7 Å². The molecule has 0 saturated carbocycles. The van der Waals surface area contributed by atoms with E-state index in [9.17, 15) is 0 Å². The van der Waals surface area contributed by atoms with E-state index in [0.717, 1.165) is 34.4 Å². The van der Waals surface area contributed by atoms with Crippen molar-refractivity contribution in [2.75, 3.05) is 18.0 Å². The minimum Gasteiger partial charge on any atom is -0.356 e. The maximum absolute atomic E-state index is 4.40. The van der Waals surface area contributed by atoms with Gasteiger partial charge in [-0.2, -0.15) is 5.10 Å². The van der Waals surface area contributed by atoms with Gasteiger partial charge < -0.3 is 4.90 Å². The van der Waals surface area contributed by atoms with E-state index in [1.807, 2.05) is 35.4 Å². The molecule has 1 aliphatic heterocycles. The number of pyridine rings is 1. The largest absolute Gasteiger partial charge is 0.356 e. The fourth-order valence-electron chi connectivity index (χ4n) is 2.13. The minimum absolute atomic E-state index is 0.655. The maximum Gasteiger partial charge on any atom is 0.128 e. The Morgan fingerprint density at radius 1 is 1.17 bits per heavy atom. The number of aromatic nitrogens is 3. The summed E-state index contributed by atoms with van der Waals surface area (Å²) in [7, 11) is 0. The van der Waals surface area contributed by atoms with Gasteiger partial charge in [0, 0.05) is 42.4 Å². The molecule has 4 nitrogen and oxygen atoms in total. The van der Waals surface area contributed by atoms with E-state index in [1.165, 1.54) is 0 Å². The molecule has 2 aromatic rings. The Labute approximate surface area is 122 Å². The molecule has 3 heterocycles. The normalized spacial score (nSPS) is 15.8. The highest BCUT2D eigenvalue weighted by Crippen LogP contribution is 2.24. The van der Waals surface area contributed by atoms with Crippen molar-refractivity contribution in [1.82, 2.24) is 14.8 Å². The predicted molar refractivity (Wildman–Crippen MR) is 77.6 cm³/mol. The fraction of sp³-hybridized carbons (Fsp3) is 0.333. The van der Waals surface area contributed by atoms with Gasteiger partial charge in [0.2, 0.25) is 0 Å². The molecule has 2 aromatic heterocycles. The number of rotatable bonds is 3. The van der Waals surface area contributed by atoms with Crippen molar-refractivity contribution in [2.45, 2.75) is 6.54 Å². The van der Waals surface area contributed by atoms with Gasteiger partial charge in [-0.15, -0.1) is 0 Å². The first-order valence-electron chi connectivity index (χ1n) is 5.75. The summed E-state index contributed by atoms with van der Waals surface area (Å²) in [6.07, 6.45) is 5.68. The van der Waals surface area contributed by atoms with Crippen LogP contribution in [0.15, 0.2) is 39.7 Å². The van der Waals surface area contributed by atoms with Gasteiger partial charge in [-0.3, -0.25) is 4.68 Å². The highest BCUT2D eigenvalue weighted by atomic mass is 79.9. The lowest BCUT2D eigenvalue weighted by molar-refractivity contribution is 0.340. The molecule has 0 amide bonds. The van der Waals surface area contributed by atoms with Crippen molar-refractivity contribution in [1.29, 1.82) is 0 Å². The lowest BCUT2D eigenvalue weighted by Crippen LogP contribution is -2.49. The number of nitrogens with zero attached hydrogens (tertiary/aromatic N) is 4. The predicted octanol–water partition coefficient (Wildman–Crippen LogP) is 2.94. The molecule has 0 unspecified atom stereocenters. The van der Waals surface area contributed by atoms with Crippen LogP contribution in [0.3, 0.4) is 0 Å². The molecule has 0 radical (unpaired) electrons. The molecule has 1 aliphatic rings. The molecule has 6 heteroatoms. The molecule has 1 saturated heterocycles. The van der Waals surface area contributed by atoms with Crippen LogP contribution in [-0.4, -0.2) is 27.9 Å². The Bertz CT molecular complexity index is 531. The van der Waals surface area contributed by atoms with Crippen molar-refractivity contribution in [2.24, 2.45) is 5.92 Å². The summed E-state index contributed by atoms with van der Waals surface area (Å²) < 4.78 is 4.04. The molecule has 0 aliphatic carbocycles. The first-order chi connectivity index (χ1) is 8.70. The van der Waals surface area contributed by atoms with Gasteiger partial charge in [0.25, 0.3) is 0 Å². The summed E-state index contributed by atoms with van der Waals surface area (Å²) in [5.41, 5.74) is 0. The second kappa shape index (κ2) is 5.01. The molecule has 0 spiro atoms. The first kappa shape index (κ1) is 12.2. The number of anilines is 1. The SMILES string of the molecule is Brc1ccc(N2CC(Cn3cc(Br)cn3)C2)nc1. The van der Waals surface area contributed by atoms with Crippen LogP contribution < -0.4 is 4.90 Å². The minimum atomic E-state index is 0.655. The van der Waals surface area contributed by atoms with Gasteiger partial charge in [-0.1, -0.05) is 0 Å². The molecule has 94 valence electrons. The van der Waals surface area contributed by atoms with Crippen molar-refractivity contribution in [3.63, 3.8) is 0 Å². The Morgan fingerprint density at radius 2 is 2.00 bits per heavy atom. The Morgan fingerprint density at radius 3 is 2.61 bits per heavy atom. The Hall–Kier alpha value is -0.880. The third-order valence-corrected chi connectivity index (χ3v) is 3.92. The summed E-state index contributed by atoms with van der Waals surface area (Å²) in [6.45, 7) is 3.07. The average Bonchev–Trinajstić information content (AvgIpc) is 2.71. The van der Waals surface area contributed by atoms with Crippen LogP contribution in [0.25, 0.3) is 0 Å². The van der Waals surface area contributed by atoms with Crippen LogP contribution in [0.1, 0.15) is 0 Å². The van der Waals surface area contributed by atoms with Crippen LogP contribution in [0, 0.1) is 5.92 Å². The molecule has 0 N–H and O–H groups in total. The molecular formula is C12H12Br2N4. The van der Waals surface area contributed by atoms with Crippen molar-refractivity contribution in [3.05, 3.63) is 39.7 Å². The number of hydrogen-bond acceptors (Lipinski definition) is 3. The van der Waals surface area contributed by atoms with E-state index in [-0.39, 0.29) is 0 Å². The van der Waals surface area contributed by atoms with Crippen molar-refractivity contribution >= 4 is 37.7 Å². The van der Waals surface area contributed by atoms with Crippen molar-refractivity contribution in [3.8, 4) is 0 Å². The zero-order chi connectivity index (χ0) is 12.5. The summed E-state index contributed by atoms with van der Waals surface area (Å²) in [4.78, 5) is 6.68. The zero-order valence-electron chi connectivity index (χ0n) is 9.63. The molecule has 0 aromatic carbocycles. The van der Waals surface area contributed by atoms with Gasteiger partial charge in [0.1, 0.15) is 5.82 Å². The average molecular weight is 372 g/mol. The summed E-state index contributed by atoms with van der Waals surface area (Å²) in [5.74, 6) is 1.71. The second-order valence-corrected chi connectivity index (χ2v) is 6.32. The molecule has 18 heavy (non-hydrogen) atoms. The highest BCUT2D eigenvalue weighted by molar-refractivity contribution is 9.10. The van der Waals surface area contributed by atoms with Crippen molar-refractivity contribution < 1.29 is 0 Å². The fourth-order valence-corrected chi connectivity index (χ4v) is 2.69. The number of hydrogen-bond donors (Lipinski definition) is 0. The Balaban J connectivity index is 1.55. The molecule has 0 bridgehead atoms. The third kappa shape index (κ3) is 2.59. The lowest BCUT2D eigenvalue weighted by Gasteiger charge is -2.40. The van der Waals surface area contributed by atoms with E-state index in [0.29, 0.717) is 5.92 Å². The number of halogens is 2. The smallest absolute Gasteiger partial charge is 0.128 e. The Kier molecular flexibility index (Phi) is 3.39. The van der Waals surface area contributed by atoms with Crippen LogP contribution in [0.5, 0.6) is 0 Å². The monoisotopic (exact) mass is 370 g/mol. The van der Waals surface area contributed by atoms with Gasteiger partial charge in [-0.25, -0.2) is 4.98 Å². The first-order valence-corrected chi connectivity index (χ1v) is 7.34. The third-order valence-electron chi connectivity index (χ3n) is 3.04. The van der Waals surface area contributed by atoms with Gasteiger partial charge in [0.15, 0.2) is 0 Å². The van der Waals surface area contributed by atoms with E-state index in [2.05, 4.69) is 46.8 Å². The van der Waals surface area contributed by atoms with Gasteiger partial charge in [-0.05, 0) is 44.0 Å². The molecule has 1 fully saturated rings. The molecule has 0 atom stereocenters. The van der Waals surface area contributed by atoms with E-state index >= 15 is 0 Å². The standard InChI is InChI=1S/C12H12Br2N4/c13-10-1-2-12(15-3-10)17-5-9(6-17)7-18-8-11(14)4-16-18/h1-4,8-9H,5-7H2. The van der Waals surface area contributed by atoms with Crippen LogP contribution in [0.4, 0.5) is 5.82 Å². The van der Waals surface area contributed by atoms with Gasteiger partial charge >= 0.3 is 0 Å². The highest BCUT2D eigenvalue weighted by Gasteiger charge is 2.28. The van der Waals surface area contributed by atoms with E-state index in [1.54, 1.807) is 0 Å². The molecule has 3 rings (SSSR count). The van der Waals surface area contributed by atoms with E-state index < -0.39 is 0 Å². The molecular weight excluding hydrogens is 360 g/mol. The van der Waals surface area contributed by atoms with E-state index in [4.69, 9.17) is 0 Å². The summed E-state index contributed by atoms with van der Waals surface area (Å²) in [6, 6.07) is 4.07. The zero-order valence-corrected chi connectivity index (χ0v) is 12.8. The quantitative estimate of drug-likeness (QED) is 0.831. The second-order valence-electron chi connectivity index (χ2n) is 4.49. The van der Waals surface area contributed by atoms with Crippen LogP contribution in [0.2, 0.25) is 0 Å². The lowest BCUT2D eigenvalue weighted by atomic mass is 10.0. The van der Waals surface area contributed by atoms with Crippen LogP contribution >= 0.6 is 31.9 Å². The summed E-state index contributed by atoms with van der Waals surface area (Å²) >= 11 is 6.81. The van der Waals surface area contributed by atoms with Crippen LogP contribution in [-0.2, 0) is 6.54 Å².